The molecule has 1 heterocycles. The first-order valence-electron chi connectivity index (χ1n) is 7.56. The van der Waals surface area contributed by atoms with Gasteiger partial charge in [-0.2, -0.15) is 0 Å². The van der Waals surface area contributed by atoms with Crippen molar-refractivity contribution in [2.24, 2.45) is 5.41 Å². The highest BCUT2D eigenvalue weighted by atomic mass is 79.9. The maximum Gasteiger partial charge on any atom is 0.176 e. The number of carbonyl (C=O) groups is 1. The third kappa shape index (κ3) is 4.07. The minimum absolute atomic E-state index is 0.179. The van der Waals surface area contributed by atoms with Crippen molar-refractivity contribution in [3.63, 3.8) is 0 Å². The Labute approximate surface area is 135 Å². The number of ketones is 1. The summed E-state index contributed by atoms with van der Waals surface area (Å²) >= 11 is 3.43. The fraction of sp³-hybridized carbons (Fsp3) is 0.588. The predicted octanol–water partition coefficient (Wildman–Crippen LogP) is 4.15. The Morgan fingerprint density at radius 3 is 2.57 bits per heavy atom. The second-order valence-corrected chi connectivity index (χ2v) is 7.07. The number of piperidine rings is 1. The van der Waals surface area contributed by atoms with Crippen LogP contribution in [0, 0.1) is 5.41 Å². The monoisotopic (exact) mass is 353 g/mol. The van der Waals surface area contributed by atoms with Gasteiger partial charge in [-0.25, -0.2) is 0 Å². The zero-order chi connectivity index (χ0) is 15.5. The Kier molecular flexibility index (Phi) is 5.44. The summed E-state index contributed by atoms with van der Waals surface area (Å²) in [6, 6.07) is 5.52. The van der Waals surface area contributed by atoms with E-state index in [1.807, 2.05) is 18.2 Å². The second kappa shape index (κ2) is 6.93. The van der Waals surface area contributed by atoms with Crippen LogP contribution >= 0.6 is 15.9 Å². The van der Waals surface area contributed by atoms with Crippen LogP contribution < -0.4 is 4.74 Å². The highest BCUT2D eigenvalue weighted by molar-refractivity contribution is 9.10. The lowest BCUT2D eigenvalue weighted by atomic mass is 9.78. The van der Waals surface area contributed by atoms with Gasteiger partial charge in [-0.15, -0.1) is 0 Å². The van der Waals surface area contributed by atoms with Gasteiger partial charge in [0.25, 0.3) is 0 Å². The Morgan fingerprint density at radius 2 is 2.05 bits per heavy atom. The van der Waals surface area contributed by atoms with Crippen LogP contribution in [0.5, 0.6) is 5.75 Å². The molecule has 0 bridgehead atoms. The number of hydrogen-bond donors (Lipinski definition) is 0. The van der Waals surface area contributed by atoms with Crippen molar-refractivity contribution >= 4 is 21.7 Å². The van der Waals surface area contributed by atoms with Gasteiger partial charge in [-0.05, 0) is 65.5 Å². The van der Waals surface area contributed by atoms with E-state index in [-0.39, 0.29) is 5.78 Å². The number of ether oxygens (including phenoxy) is 1. The van der Waals surface area contributed by atoms with E-state index in [9.17, 15) is 4.79 Å². The van der Waals surface area contributed by atoms with Gasteiger partial charge in [0, 0.05) is 5.56 Å². The molecule has 3 nitrogen and oxygen atoms in total. The molecule has 1 aromatic carbocycles. The SMILES string of the molecule is CCC1(C)CCN(CC(=O)c2ccc(OC)c(Br)c2)CC1. The number of Topliss-reactive ketones (excluding diaryl/α,β-unsaturated/α-hetero) is 1. The molecular formula is C17H24BrNO2. The first-order valence-corrected chi connectivity index (χ1v) is 8.36. The molecule has 1 fully saturated rings. The Hall–Kier alpha value is -0.870. The predicted molar refractivity (Wildman–Crippen MR) is 89.1 cm³/mol. The van der Waals surface area contributed by atoms with Crippen LogP contribution in [0.2, 0.25) is 0 Å². The van der Waals surface area contributed by atoms with E-state index in [4.69, 9.17) is 4.74 Å². The van der Waals surface area contributed by atoms with Crippen LogP contribution in [0.3, 0.4) is 0 Å². The molecule has 0 spiro atoms. The van der Waals surface area contributed by atoms with E-state index in [1.54, 1.807) is 7.11 Å². The number of halogens is 1. The molecule has 116 valence electrons. The lowest BCUT2D eigenvalue weighted by Crippen LogP contribution is -2.41. The van der Waals surface area contributed by atoms with Gasteiger partial charge < -0.3 is 4.74 Å². The maximum absolute atomic E-state index is 12.4. The van der Waals surface area contributed by atoms with E-state index >= 15 is 0 Å². The summed E-state index contributed by atoms with van der Waals surface area (Å²) in [5.74, 6) is 0.932. The standard InChI is InChI=1S/C17H24BrNO2/c1-4-17(2)7-9-19(10-8-17)12-15(20)13-5-6-16(21-3)14(18)11-13/h5-6,11H,4,7-10,12H2,1-3H3. The van der Waals surface area contributed by atoms with Crippen LogP contribution in [-0.2, 0) is 0 Å². The Balaban J connectivity index is 1.95. The number of nitrogens with zero attached hydrogens (tertiary/aromatic N) is 1. The number of methoxy groups -OCH3 is 1. The van der Waals surface area contributed by atoms with Crippen molar-refractivity contribution in [3.8, 4) is 5.75 Å². The van der Waals surface area contributed by atoms with Crippen LogP contribution in [0.4, 0.5) is 0 Å². The zero-order valence-corrected chi connectivity index (χ0v) is 14.7. The van der Waals surface area contributed by atoms with Gasteiger partial charge >= 0.3 is 0 Å². The molecule has 0 amide bonds. The smallest absolute Gasteiger partial charge is 0.176 e. The highest BCUT2D eigenvalue weighted by Crippen LogP contribution is 2.34. The molecule has 4 heteroatoms. The Morgan fingerprint density at radius 1 is 1.38 bits per heavy atom. The third-order valence-corrected chi connectivity index (χ3v) is 5.38. The van der Waals surface area contributed by atoms with E-state index in [1.165, 1.54) is 19.3 Å². The van der Waals surface area contributed by atoms with Crippen LogP contribution in [-0.4, -0.2) is 37.4 Å². The molecule has 0 N–H and O–H groups in total. The summed E-state index contributed by atoms with van der Waals surface area (Å²) < 4.78 is 6.02. The largest absolute Gasteiger partial charge is 0.496 e. The van der Waals surface area contributed by atoms with E-state index < -0.39 is 0 Å². The lowest BCUT2D eigenvalue weighted by molar-refractivity contribution is 0.0813. The molecule has 0 aromatic heterocycles. The Bertz CT molecular complexity index is 508. The normalized spacial score (nSPS) is 18.5. The van der Waals surface area contributed by atoms with Crippen molar-refractivity contribution in [1.82, 2.24) is 4.90 Å². The van der Waals surface area contributed by atoms with Gasteiger partial charge in [0.2, 0.25) is 0 Å². The highest BCUT2D eigenvalue weighted by Gasteiger charge is 2.29. The van der Waals surface area contributed by atoms with Crippen LogP contribution in [0.25, 0.3) is 0 Å². The number of benzene rings is 1. The average molecular weight is 354 g/mol. The summed E-state index contributed by atoms with van der Waals surface area (Å²) in [5.41, 5.74) is 1.20. The fourth-order valence-electron chi connectivity index (χ4n) is 2.74. The lowest BCUT2D eigenvalue weighted by Gasteiger charge is -2.38. The molecule has 1 aliphatic heterocycles. The quantitative estimate of drug-likeness (QED) is 0.744. The molecule has 1 aliphatic rings. The van der Waals surface area contributed by atoms with Crippen molar-refractivity contribution < 1.29 is 9.53 Å². The second-order valence-electron chi connectivity index (χ2n) is 6.21. The number of likely N-dealkylation sites (tertiary alicyclic amines) is 1. The van der Waals surface area contributed by atoms with Crippen molar-refractivity contribution in [2.75, 3.05) is 26.7 Å². The molecule has 1 aromatic rings. The molecule has 0 aliphatic carbocycles. The molecule has 21 heavy (non-hydrogen) atoms. The van der Waals surface area contributed by atoms with Gasteiger partial charge in [0.15, 0.2) is 5.78 Å². The minimum atomic E-state index is 0.179. The van der Waals surface area contributed by atoms with Crippen LogP contribution in [0.15, 0.2) is 22.7 Å². The summed E-state index contributed by atoms with van der Waals surface area (Å²) in [6.07, 6.45) is 3.59. The van der Waals surface area contributed by atoms with Crippen molar-refractivity contribution in [1.29, 1.82) is 0 Å². The first kappa shape index (κ1) is 16.5. The summed E-state index contributed by atoms with van der Waals surface area (Å²) in [4.78, 5) is 14.7. The third-order valence-electron chi connectivity index (χ3n) is 4.76. The molecule has 2 rings (SSSR count). The zero-order valence-electron chi connectivity index (χ0n) is 13.1. The first-order chi connectivity index (χ1) is 9.97. The topological polar surface area (TPSA) is 29.5 Å². The molecule has 0 saturated carbocycles. The van der Waals surface area contributed by atoms with Crippen LogP contribution in [0.1, 0.15) is 43.5 Å². The van der Waals surface area contributed by atoms with E-state index in [0.29, 0.717) is 12.0 Å². The average Bonchev–Trinajstić information content (AvgIpc) is 2.49. The van der Waals surface area contributed by atoms with Gasteiger partial charge in [0.05, 0.1) is 18.1 Å². The number of hydrogen-bond acceptors (Lipinski definition) is 3. The summed E-state index contributed by atoms with van der Waals surface area (Å²) in [6.45, 7) is 7.17. The summed E-state index contributed by atoms with van der Waals surface area (Å²) in [7, 11) is 1.63. The molecule has 0 radical (unpaired) electrons. The van der Waals surface area contributed by atoms with Gasteiger partial charge in [0.1, 0.15) is 5.75 Å². The maximum atomic E-state index is 12.4. The van der Waals surface area contributed by atoms with Gasteiger partial charge in [-0.3, -0.25) is 9.69 Å². The molecule has 1 saturated heterocycles. The van der Waals surface area contributed by atoms with Crippen molar-refractivity contribution in [2.45, 2.75) is 33.1 Å². The van der Waals surface area contributed by atoms with Gasteiger partial charge in [-0.1, -0.05) is 20.3 Å². The molecule has 0 atom stereocenters. The molecular weight excluding hydrogens is 330 g/mol. The van der Waals surface area contributed by atoms with Crippen molar-refractivity contribution in [3.05, 3.63) is 28.2 Å². The number of carbonyl (C=O) groups excluding carboxylic acids is 1. The number of rotatable bonds is 5. The fourth-order valence-corrected chi connectivity index (χ4v) is 3.28. The summed E-state index contributed by atoms with van der Waals surface area (Å²) in [5, 5.41) is 0. The van der Waals surface area contributed by atoms with E-state index in [0.717, 1.165) is 28.9 Å². The van der Waals surface area contributed by atoms with E-state index in [2.05, 4.69) is 34.7 Å². The molecule has 0 unspecified atom stereocenters. The minimum Gasteiger partial charge on any atom is -0.496 e.